The Kier molecular flexibility index (Phi) is 9.34. The Hall–Kier alpha value is -8.08. The van der Waals surface area contributed by atoms with Crippen LogP contribution in [0.4, 0.5) is 39.8 Å². The lowest BCUT2D eigenvalue weighted by Gasteiger charge is -2.58. The number of allylic oxidation sites excluding steroid dienone is 2. The molecule has 0 N–H and O–H groups in total. The molecule has 3 aliphatic heterocycles. The molecular weight excluding hydrogens is 822 g/mol. The molecule has 2 unspecified atom stereocenters. The van der Waals surface area contributed by atoms with E-state index in [2.05, 4.69) is 272 Å². The van der Waals surface area contributed by atoms with Crippen LogP contribution in [0.1, 0.15) is 25.0 Å². The van der Waals surface area contributed by atoms with Crippen molar-refractivity contribution in [2.75, 3.05) is 14.6 Å². The Morgan fingerprint density at radius 3 is 1.76 bits per heavy atom. The van der Waals surface area contributed by atoms with Crippen LogP contribution in [-0.4, -0.2) is 12.9 Å². The summed E-state index contributed by atoms with van der Waals surface area (Å²) in [6.45, 7) is 7.15. The van der Waals surface area contributed by atoms with Crippen molar-refractivity contribution in [3.05, 3.63) is 253 Å². The first-order valence-electron chi connectivity index (χ1n) is 24.0. The van der Waals surface area contributed by atoms with Crippen LogP contribution < -0.4 is 20.1 Å². The van der Waals surface area contributed by atoms with Gasteiger partial charge in [-0.25, -0.2) is 0 Å². The molecule has 0 bridgehead atoms. The normalized spacial score (nSPS) is 16.8. The fourth-order valence-corrected chi connectivity index (χ4v) is 12.1. The van der Waals surface area contributed by atoms with Gasteiger partial charge in [0.05, 0.1) is 6.04 Å². The molecule has 4 heteroatoms. The van der Waals surface area contributed by atoms with E-state index >= 15 is 0 Å². The smallest absolute Gasteiger partial charge is 0.306 e. The first kappa shape index (κ1) is 40.2. The molecule has 0 aromatic heterocycles. The minimum Gasteiger partial charge on any atom is -0.380 e. The molecule has 0 spiro atoms. The molecule has 324 valence electrons. The zero-order valence-corrected chi connectivity index (χ0v) is 38.6. The molecule has 68 heavy (non-hydrogen) atoms. The molecular formula is C64H50BN3. The zero-order valence-electron chi connectivity index (χ0n) is 38.6. The van der Waals surface area contributed by atoms with Crippen LogP contribution in [0.15, 0.2) is 242 Å². The van der Waals surface area contributed by atoms with E-state index in [0.717, 1.165) is 17.1 Å². The maximum Gasteiger partial charge on any atom is 0.306 e. The highest BCUT2D eigenvalue weighted by atomic mass is 15.2. The van der Waals surface area contributed by atoms with Crippen molar-refractivity contribution in [3.8, 4) is 44.5 Å². The summed E-state index contributed by atoms with van der Waals surface area (Å²) < 4.78 is 0. The molecule has 3 heterocycles. The highest BCUT2D eigenvalue weighted by Gasteiger charge is 2.56. The van der Waals surface area contributed by atoms with E-state index in [1.165, 1.54) is 89.4 Å². The molecule has 2 atom stereocenters. The van der Waals surface area contributed by atoms with Gasteiger partial charge in [0.15, 0.2) is 0 Å². The Balaban J connectivity index is 1.10. The maximum absolute atomic E-state index is 2.73. The molecule has 1 aliphatic carbocycles. The largest absolute Gasteiger partial charge is 0.380 e. The van der Waals surface area contributed by atoms with E-state index < -0.39 is 0 Å². The Labute approximate surface area is 400 Å². The lowest BCUT2D eigenvalue weighted by molar-refractivity contribution is 0.517. The minimum absolute atomic E-state index is 0.0372. The van der Waals surface area contributed by atoms with Gasteiger partial charge < -0.3 is 14.6 Å². The van der Waals surface area contributed by atoms with Crippen LogP contribution in [-0.2, 0) is 5.41 Å². The summed E-state index contributed by atoms with van der Waals surface area (Å²) in [5.41, 5.74) is 23.4. The van der Waals surface area contributed by atoms with Crippen LogP contribution in [0, 0.1) is 6.92 Å². The Morgan fingerprint density at radius 2 is 1.07 bits per heavy atom. The van der Waals surface area contributed by atoms with Gasteiger partial charge in [-0.3, -0.25) is 0 Å². The molecule has 9 aromatic carbocycles. The van der Waals surface area contributed by atoms with Crippen LogP contribution in [0.5, 0.6) is 0 Å². The average molecular weight is 872 g/mol. The fourth-order valence-electron chi connectivity index (χ4n) is 12.1. The number of anilines is 7. The highest BCUT2D eigenvalue weighted by molar-refractivity contribution is 6.84. The van der Waals surface area contributed by atoms with Gasteiger partial charge in [0.2, 0.25) is 0 Å². The van der Waals surface area contributed by atoms with Crippen LogP contribution in [0.2, 0.25) is 5.82 Å². The van der Waals surface area contributed by atoms with E-state index in [9.17, 15) is 0 Å². The van der Waals surface area contributed by atoms with E-state index in [-0.39, 0.29) is 24.1 Å². The van der Waals surface area contributed by atoms with Crippen molar-refractivity contribution in [1.82, 2.24) is 0 Å². The van der Waals surface area contributed by atoms with Gasteiger partial charge >= 0.3 is 6.85 Å². The van der Waals surface area contributed by atoms with Crippen molar-refractivity contribution in [3.63, 3.8) is 0 Å². The number of nitrogens with zero attached hydrogens (tertiary/aromatic N) is 3. The van der Waals surface area contributed by atoms with E-state index in [0.29, 0.717) is 0 Å². The van der Waals surface area contributed by atoms with Gasteiger partial charge in [-0.15, -0.1) is 0 Å². The molecule has 0 saturated carbocycles. The topological polar surface area (TPSA) is 9.72 Å². The second kappa shape index (κ2) is 15.8. The second-order valence-electron chi connectivity index (χ2n) is 19.3. The second-order valence-corrected chi connectivity index (χ2v) is 19.3. The van der Waals surface area contributed by atoms with Crippen molar-refractivity contribution >= 4 is 52.1 Å². The number of hydrogen-bond acceptors (Lipinski definition) is 3. The maximum atomic E-state index is 2.73. The average Bonchev–Trinajstić information content (AvgIpc) is 3.39. The molecule has 4 aliphatic rings. The van der Waals surface area contributed by atoms with Crippen LogP contribution in [0.25, 0.3) is 44.5 Å². The van der Waals surface area contributed by atoms with Gasteiger partial charge in [0.1, 0.15) is 0 Å². The van der Waals surface area contributed by atoms with Crippen molar-refractivity contribution < 1.29 is 0 Å². The quantitative estimate of drug-likeness (QED) is 0.148. The van der Waals surface area contributed by atoms with Crippen LogP contribution >= 0.6 is 0 Å². The standard InChI is InChI=1S/C64H50BN3/c1-43-20-13-14-31-53(43)48-40-55-54-42-52(66(50-29-17-25-46(38-50)44-21-7-4-8-22-44)51-30-18-26-47(39-51)45-23-9-5-10-24-45)36-37-59(54)68(49-27-11-6-12-28-49)65-58-34-19-33-57-63(58)67(61(41-48)62(55)65)60-35-16-15-32-56(60)64(57,2)3/h4-42,58,63H,1-3H3. The summed E-state index contributed by atoms with van der Waals surface area (Å²) in [6, 6.07) is 81.1. The van der Waals surface area contributed by atoms with Crippen LogP contribution in [0.3, 0.4) is 0 Å². The number of para-hydroxylation sites is 2. The van der Waals surface area contributed by atoms with Crippen molar-refractivity contribution in [1.29, 1.82) is 0 Å². The molecule has 13 rings (SSSR count). The summed E-state index contributed by atoms with van der Waals surface area (Å²) in [6.07, 6.45) is 7.28. The molecule has 0 radical (unpaired) electrons. The van der Waals surface area contributed by atoms with E-state index in [4.69, 9.17) is 0 Å². The van der Waals surface area contributed by atoms with Gasteiger partial charge in [0, 0.05) is 56.6 Å². The highest BCUT2D eigenvalue weighted by Crippen LogP contribution is 2.59. The third-order valence-corrected chi connectivity index (χ3v) is 15.2. The molecule has 3 nitrogen and oxygen atoms in total. The SMILES string of the molecule is Cc1ccccc1-c1cc2c3c(c1)N1c4ccccc4C(C)(C)C4=CC=CC(B3N(c3ccccc3)c3ccc(N(c5cccc(-c6ccccc6)c5)c5cccc(-c6ccccc6)c5)cc3-2)C41. The monoisotopic (exact) mass is 871 g/mol. The zero-order chi connectivity index (χ0) is 45.5. The number of benzene rings is 9. The summed E-state index contributed by atoms with van der Waals surface area (Å²) in [5.74, 6) is 0.171. The third kappa shape index (κ3) is 6.28. The molecule has 0 fully saturated rings. The number of hydrogen-bond donors (Lipinski definition) is 0. The fraction of sp³-hybridized carbons (Fsp3) is 0.0938. The number of rotatable bonds is 7. The summed E-state index contributed by atoms with van der Waals surface area (Å²) in [7, 11) is 0. The predicted octanol–water partition coefficient (Wildman–Crippen LogP) is 16.2. The van der Waals surface area contributed by atoms with Gasteiger partial charge in [0.25, 0.3) is 0 Å². The minimum atomic E-state index is -0.146. The summed E-state index contributed by atoms with van der Waals surface area (Å²) >= 11 is 0. The lowest BCUT2D eigenvalue weighted by atomic mass is 9.36. The molecule has 0 amide bonds. The Bertz CT molecular complexity index is 3400. The van der Waals surface area contributed by atoms with Gasteiger partial charge in [-0.05, 0) is 141 Å². The van der Waals surface area contributed by atoms with Gasteiger partial charge in [-0.1, -0.05) is 178 Å². The summed E-state index contributed by atoms with van der Waals surface area (Å²) in [5, 5.41) is 0. The number of fused-ring (bicyclic) bond motifs is 6. The molecule has 9 aromatic rings. The number of aryl methyl sites for hydroxylation is 1. The first-order valence-corrected chi connectivity index (χ1v) is 24.0. The van der Waals surface area contributed by atoms with Gasteiger partial charge in [-0.2, -0.15) is 0 Å². The third-order valence-electron chi connectivity index (χ3n) is 15.2. The van der Waals surface area contributed by atoms with Crippen molar-refractivity contribution in [2.24, 2.45) is 0 Å². The molecule has 0 saturated heterocycles. The summed E-state index contributed by atoms with van der Waals surface area (Å²) in [4.78, 5) is 7.86. The van der Waals surface area contributed by atoms with E-state index in [1.807, 2.05) is 0 Å². The first-order chi connectivity index (χ1) is 33.4. The predicted molar refractivity (Wildman–Crippen MR) is 288 cm³/mol. The van der Waals surface area contributed by atoms with E-state index in [1.54, 1.807) is 0 Å². The Morgan fingerprint density at radius 1 is 0.471 bits per heavy atom. The van der Waals surface area contributed by atoms with Crippen molar-refractivity contribution in [2.45, 2.75) is 38.0 Å². The lowest BCUT2D eigenvalue weighted by Crippen LogP contribution is -2.64.